The molecule has 2 aliphatic rings. The van der Waals surface area contributed by atoms with Crippen molar-refractivity contribution in [2.75, 3.05) is 6.54 Å². The summed E-state index contributed by atoms with van der Waals surface area (Å²) in [5, 5.41) is 18.1. The van der Waals surface area contributed by atoms with Gasteiger partial charge in [0.2, 0.25) is 0 Å². The summed E-state index contributed by atoms with van der Waals surface area (Å²) in [6.45, 7) is 2.11. The Bertz CT molecular complexity index is 773. The topological polar surface area (TPSA) is 88.2 Å². The maximum absolute atomic E-state index is 12.8. The molecule has 2 heterocycles. The highest BCUT2D eigenvalue weighted by Crippen LogP contribution is 2.40. The van der Waals surface area contributed by atoms with Crippen molar-refractivity contribution in [3.05, 3.63) is 23.0 Å². The second-order valence-corrected chi connectivity index (χ2v) is 7.28. The lowest BCUT2D eigenvalue weighted by Crippen LogP contribution is -2.44. The van der Waals surface area contributed by atoms with Gasteiger partial charge in [-0.25, -0.2) is 4.98 Å². The molecule has 6 nitrogen and oxygen atoms in total. The van der Waals surface area contributed by atoms with Gasteiger partial charge in [0.15, 0.2) is 0 Å². The van der Waals surface area contributed by atoms with E-state index in [4.69, 9.17) is 4.52 Å². The summed E-state index contributed by atoms with van der Waals surface area (Å²) in [7, 11) is 0. The van der Waals surface area contributed by atoms with Crippen molar-refractivity contribution >= 4 is 17.0 Å². The van der Waals surface area contributed by atoms with Gasteiger partial charge in [-0.2, -0.15) is 0 Å². The van der Waals surface area contributed by atoms with Gasteiger partial charge in [0, 0.05) is 18.2 Å². The number of nitrogens with one attached hydrogen (secondary N) is 1. The van der Waals surface area contributed by atoms with Gasteiger partial charge in [-0.15, -0.1) is 0 Å². The fraction of sp³-hybridized carbons (Fsp3) is 0.611. The van der Waals surface area contributed by atoms with E-state index in [2.05, 4.69) is 15.5 Å². The summed E-state index contributed by atoms with van der Waals surface area (Å²) in [5.41, 5.74) is 1.78. The van der Waals surface area contributed by atoms with E-state index >= 15 is 0 Å². The van der Waals surface area contributed by atoms with Gasteiger partial charge in [-0.3, -0.25) is 4.79 Å². The van der Waals surface area contributed by atoms with Crippen LogP contribution in [0.5, 0.6) is 0 Å². The molecule has 0 unspecified atom stereocenters. The molecule has 6 heteroatoms. The van der Waals surface area contributed by atoms with Crippen LogP contribution in [0, 0.1) is 6.92 Å². The van der Waals surface area contributed by atoms with E-state index in [0.29, 0.717) is 34.8 Å². The Balaban J connectivity index is 1.60. The van der Waals surface area contributed by atoms with Crippen LogP contribution in [-0.4, -0.2) is 33.3 Å². The molecule has 2 fully saturated rings. The summed E-state index contributed by atoms with van der Waals surface area (Å²) < 4.78 is 5.28. The number of carbonyl (C=O) groups excluding carboxylic acids is 1. The molecule has 0 saturated heterocycles. The molecule has 0 atom stereocenters. The van der Waals surface area contributed by atoms with E-state index in [-0.39, 0.29) is 5.91 Å². The highest BCUT2D eigenvalue weighted by molar-refractivity contribution is 6.06. The normalized spacial score (nSPS) is 20.2. The summed E-state index contributed by atoms with van der Waals surface area (Å²) in [4.78, 5) is 17.3. The van der Waals surface area contributed by atoms with Crippen molar-refractivity contribution in [3.63, 3.8) is 0 Å². The number of carbonyl (C=O) groups is 1. The second-order valence-electron chi connectivity index (χ2n) is 7.28. The molecule has 24 heavy (non-hydrogen) atoms. The Labute approximate surface area is 140 Å². The van der Waals surface area contributed by atoms with E-state index in [1.807, 2.05) is 13.0 Å². The molecule has 2 saturated carbocycles. The third-order valence-electron chi connectivity index (χ3n) is 5.24. The van der Waals surface area contributed by atoms with Gasteiger partial charge in [0.25, 0.3) is 11.6 Å². The number of aliphatic hydroxyl groups is 1. The number of nitrogens with zero attached hydrogens (tertiary/aromatic N) is 2. The van der Waals surface area contributed by atoms with Gasteiger partial charge in [-0.05, 0) is 38.7 Å². The molecule has 2 aromatic heterocycles. The van der Waals surface area contributed by atoms with Crippen LogP contribution in [0.4, 0.5) is 0 Å². The first-order valence-electron chi connectivity index (χ1n) is 8.83. The summed E-state index contributed by atoms with van der Waals surface area (Å²) >= 11 is 0. The number of hydrogen-bond donors (Lipinski definition) is 2. The fourth-order valence-electron chi connectivity index (χ4n) is 3.61. The average Bonchev–Trinajstić information content (AvgIpc) is 3.37. The van der Waals surface area contributed by atoms with Crippen LogP contribution in [0.15, 0.2) is 10.6 Å². The van der Waals surface area contributed by atoms with Crippen LogP contribution in [-0.2, 0) is 0 Å². The van der Waals surface area contributed by atoms with Crippen molar-refractivity contribution in [2.45, 2.75) is 63.4 Å². The standard InChI is InChI=1S/C18H23N3O3/c1-11-15-13(9-14(12-5-6-12)20-17(15)24-21-11)16(22)19-10-18(23)7-3-2-4-8-18/h9,12,23H,2-8,10H2,1H3,(H,19,22). The summed E-state index contributed by atoms with van der Waals surface area (Å²) in [5.74, 6) is 0.239. The van der Waals surface area contributed by atoms with E-state index < -0.39 is 5.60 Å². The third-order valence-corrected chi connectivity index (χ3v) is 5.24. The molecule has 0 radical (unpaired) electrons. The molecule has 2 aromatic rings. The highest BCUT2D eigenvalue weighted by atomic mass is 16.5. The Morgan fingerprint density at radius 2 is 2.12 bits per heavy atom. The minimum Gasteiger partial charge on any atom is -0.388 e. The average molecular weight is 329 g/mol. The van der Waals surface area contributed by atoms with Gasteiger partial charge in [0.1, 0.15) is 0 Å². The van der Waals surface area contributed by atoms with Gasteiger partial charge >= 0.3 is 0 Å². The number of aryl methyl sites for hydroxylation is 1. The Hall–Kier alpha value is -1.95. The smallest absolute Gasteiger partial charge is 0.259 e. The van der Waals surface area contributed by atoms with Crippen LogP contribution >= 0.6 is 0 Å². The molecule has 0 aliphatic heterocycles. The van der Waals surface area contributed by atoms with E-state index in [1.54, 1.807) is 0 Å². The number of rotatable bonds is 4. The van der Waals surface area contributed by atoms with Gasteiger partial charge < -0.3 is 14.9 Å². The summed E-state index contributed by atoms with van der Waals surface area (Å²) in [6, 6.07) is 1.87. The van der Waals surface area contributed by atoms with Crippen molar-refractivity contribution in [1.82, 2.24) is 15.5 Å². The van der Waals surface area contributed by atoms with Crippen molar-refractivity contribution in [3.8, 4) is 0 Å². The first-order valence-corrected chi connectivity index (χ1v) is 8.83. The van der Waals surface area contributed by atoms with Crippen LogP contribution in [0.2, 0.25) is 0 Å². The van der Waals surface area contributed by atoms with Crippen LogP contribution in [0.25, 0.3) is 11.1 Å². The van der Waals surface area contributed by atoms with E-state index in [0.717, 1.165) is 50.6 Å². The van der Waals surface area contributed by atoms with E-state index in [1.165, 1.54) is 0 Å². The number of pyridine rings is 1. The predicted molar refractivity (Wildman–Crippen MR) is 88.9 cm³/mol. The van der Waals surface area contributed by atoms with Crippen LogP contribution < -0.4 is 5.32 Å². The lowest BCUT2D eigenvalue weighted by molar-refractivity contribution is 0.00527. The number of amides is 1. The van der Waals surface area contributed by atoms with Crippen molar-refractivity contribution in [1.29, 1.82) is 0 Å². The molecule has 0 aromatic carbocycles. The zero-order chi connectivity index (χ0) is 16.7. The minimum absolute atomic E-state index is 0.186. The predicted octanol–water partition coefficient (Wildman–Crippen LogP) is 2.83. The second kappa shape index (κ2) is 5.84. The van der Waals surface area contributed by atoms with Crippen LogP contribution in [0.3, 0.4) is 0 Å². The first-order chi connectivity index (χ1) is 11.6. The maximum atomic E-state index is 12.8. The Morgan fingerprint density at radius 1 is 1.38 bits per heavy atom. The molecule has 2 aliphatic carbocycles. The monoisotopic (exact) mass is 329 g/mol. The van der Waals surface area contributed by atoms with E-state index in [9.17, 15) is 9.90 Å². The molecule has 1 amide bonds. The summed E-state index contributed by atoms with van der Waals surface area (Å²) in [6.07, 6.45) is 6.90. The highest BCUT2D eigenvalue weighted by Gasteiger charge is 2.31. The fourth-order valence-corrected chi connectivity index (χ4v) is 3.61. The number of hydrogen-bond acceptors (Lipinski definition) is 5. The lowest BCUT2D eigenvalue weighted by atomic mass is 9.85. The minimum atomic E-state index is -0.775. The molecule has 4 rings (SSSR count). The quantitative estimate of drug-likeness (QED) is 0.900. The Morgan fingerprint density at radius 3 is 2.83 bits per heavy atom. The van der Waals surface area contributed by atoms with Crippen molar-refractivity contribution < 1.29 is 14.4 Å². The van der Waals surface area contributed by atoms with Crippen molar-refractivity contribution in [2.24, 2.45) is 0 Å². The number of aromatic nitrogens is 2. The molecule has 0 bridgehead atoms. The molecular formula is C18H23N3O3. The Kier molecular flexibility index (Phi) is 3.79. The maximum Gasteiger partial charge on any atom is 0.259 e. The zero-order valence-electron chi connectivity index (χ0n) is 14.0. The lowest BCUT2D eigenvalue weighted by Gasteiger charge is -2.32. The molecule has 2 N–H and O–H groups in total. The zero-order valence-corrected chi connectivity index (χ0v) is 14.0. The van der Waals surface area contributed by atoms with Gasteiger partial charge in [-0.1, -0.05) is 24.4 Å². The number of fused-ring (bicyclic) bond motifs is 1. The molecular weight excluding hydrogens is 306 g/mol. The third kappa shape index (κ3) is 2.90. The first kappa shape index (κ1) is 15.6. The largest absolute Gasteiger partial charge is 0.388 e. The van der Waals surface area contributed by atoms with Gasteiger partial charge in [0.05, 0.1) is 22.2 Å². The van der Waals surface area contributed by atoms with Crippen LogP contribution in [0.1, 0.15) is 72.6 Å². The molecule has 128 valence electrons. The molecule has 0 spiro atoms. The SMILES string of the molecule is Cc1noc2nc(C3CC3)cc(C(=O)NCC3(O)CCCCC3)c12.